The van der Waals surface area contributed by atoms with Crippen molar-refractivity contribution in [1.29, 1.82) is 0 Å². The topological polar surface area (TPSA) is 110 Å². The number of hydrogen-bond acceptors (Lipinski definition) is 5. The molecule has 18 heavy (non-hydrogen) atoms. The molecule has 0 amide bonds. The van der Waals surface area contributed by atoms with Gasteiger partial charge < -0.3 is 5.11 Å². The number of rotatable bonds is 5. The molecule has 0 spiro atoms. The van der Waals surface area contributed by atoms with Crippen molar-refractivity contribution in [2.24, 2.45) is 0 Å². The van der Waals surface area contributed by atoms with Gasteiger partial charge in [0, 0.05) is 18.7 Å². The molecule has 0 aromatic heterocycles. The maximum absolute atomic E-state index is 11.8. The Balaban J connectivity index is 2.89. The van der Waals surface area contributed by atoms with Gasteiger partial charge in [0.05, 0.1) is 15.4 Å². The van der Waals surface area contributed by atoms with Crippen LogP contribution >= 0.6 is 0 Å². The average Bonchev–Trinajstić information content (AvgIpc) is 2.26. The molecular formula is C10H14N2O5S. The molecule has 0 radical (unpaired) electrons. The van der Waals surface area contributed by atoms with Gasteiger partial charge in [-0.15, -0.1) is 0 Å². The van der Waals surface area contributed by atoms with E-state index in [1.54, 1.807) is 0 Å². The van der Waals surface area contributed by atoms with Crippen molar-refractivity contribution in [3.05, 3.63) is 34.4 Å². The van der Waals surface area contributed by atoms with Gasteiger partial charge in [0.1, 0.15) is 0 Å². The van der Waals surface area contributed by atoms with Crippen LogP contribution in [0.2, 0.25) is 0 Å². The third-order valence-electron chi connectivity index (χ3n) is 2.05. The Morgan fingerprint density at radius 3 is 2.22 bits per heavy atom. The van der Waals surface area contributed by atoms with Crippen LogP contribution < -0.4 is 4.72 Å². The molecule has 8 heteroatoms. The highest BCUT2D eigenvalue weighted by Crippen LogP contribution is 2.15. The Morgan fingerprint density at radius 1 is 1.33 bits per heavy atom. The van der Waals surface area contributed by atoms with E-state index in [1.807, 2.05) is 0 Å². The summed E-state index contributed by atoms with van der Waals surface area (Å²) in [5.74, 6) is 0. The number of aliphatic hydroxyl groups is 1. The van der Waals surface area contributed by atoms with Gasteiger partial charge in [-0.2, -0.15) is 0 Å². The van der Waals surface area contributed by atoms with E-state index in [1.165, 1.54) is 13.8 Å². The predicted molar refractivity (Wildman–Crippen MR) is 64.6 cm³/mol. The molecule has 0 heterocycles. The molecule has 1 rings (SSSR count). The van der Waals surface area contributed by atoms with Gasteiger partial charge in [-0.3, -0.25) is 10.1 Å². The summed E-state index contributed by atoms with van der Waals surface area (Å²) in [4.78, 5) is 9.73. The minimum Gasteiger partial charge on any atom is -0.389 e. The quantitative estimate of drug-likeness (QED) is 0.605. The van der Waals surface area contributed by atoms with Crippen molar-refractivity contribution in [3.63, 3.8) is 0 Å². The summed E-state index contributed by atoms with van der Waals surface area (Å²) in [5, 5.41) is 19.9. The minimum absolute atomic E-state index is 0.0858. The molecule has 7 nitrogen and oxygen atoms in total. The largest absolute Gasteiger partial charge is 0.389 e. The van der Waals surface area contributed by atoms with Gasteiger partial charge in [-0.25, -0.2) is 13.1 Å². The monoisotopic (exact) mass is 274 g/mol. The fourth-order valence-corrected chi connectivity index (χ4v) is 2.31. The normalized spacial score (nSPS) is 12.4. The maximum atomic E-state index is 11.8. The Morgan fingerprint density at radius 2 is 1.83 bits per heavy atom. The van der Waals surface area contributed by atoms with E-state index < -0.39 is 20.5 Å². The van der Waals surface area contributed by atoms with Crippen LogP contribution in [-0.2, 0) is 10.0 Å². The van der Waals surface area contributed by atoms with Crippen LogP contribution in [0.3, 0.4) is 0 Å². The molecule has 0 saturated carbocycles. The van der Waals surface area contributed by atoms with Crippen LogP contribution in [0, 0.1) is 10.1 Å². The van der Waals surface area contributed by atoms with Crippen molar-refractivity contribution in [1.82, 2.24) is 4.72 Å². The Hall–Kier alpha value is -1.51. The second kappa shape index (κ2) is 5.01. The number of nitrogens with zero attached hydrogens (tertiary/aromatic N) is 1. The van der Waals surface area contributed by atoms with E-state index in [-0.39, 0.29) is 17.1 Å². The van der Waals surface area contributed by atoms with Gasteiger partial charge >= 0.3 is 0 Å². The molecule has 100 valence electrons. The van der Waals surface area contributed by atoms with Crippen molar-refractivity contribution < 1.29 is 18.4 Å². The molecule has 2 N–H and O–H groups in total. The zero-order chi connectivity index (χ0) is 14.0. The summed E-state index contributed by atoms with van der Waals surface area (Å²) >= 11 is 0. The summed E-state index contributed by atoms with van der Waals surface area (Å²) in [7, 11) is -3.77. The van der Waals surface area contributed by atoms with E-state index in [2.05, 4.69) is 4.72 Å². The van der Waals surface area contributed by atoms with E-state index in [0.29, 0.717) is 0 Å². The second-order valence-corrected chi connectivity index (χ2v) is 6.15. The molecule has 0 unspecified atom stereocenters. The first kappa shape index (κ1) is 14.6. The minimum atomic E-state index is -3.77. The first-order valence-electron chi connectivity index (χ1n) is 5.08. The van der Waals surface area contributed by atoms with Crippen LogP contribution in [0.5, 0.6) is 0 Å². The molecular weight excluding hydrogens is 260 g/mol. The van der Waals surface area contributed by atoms with Crippen LogP contribution in [0.1, 0.15) is 13.8 Å². The smallest absolute Gasteiger partial charge is 0.269 e. The van der Waals surface area contributed by atoms with Crippen molar-refractivity contribution in [2.45, 2.75) is 24.3 Å². The Kier molecular flexibility index (Phi) is 4.05. The van der Waals surface area contributed by atoms with E-state index in [0.717, 1.165) is 24.3 Å². The molecule has 0 atom stereocenters. The molecule has 1 aromatic carbocycles. The molecule has 1 aromatic rings. The molecule has 0 aliphatic heterocycles. The van der Waals surface area contributed by atoms with Gasteiger partial charge in [-0.05, 0) is 26.0 Å². The molecule has 0 bridgehead atoms. The standard InChI is InChI=1S/C10H14N2O5S/c1-10(2,13)7-11-18(16,17)9-5-3-8(4-6-9)12(14)15/h3-6,11,13H,7H2,1-2H3. The molecule has 0 fully saturated rings. The van der Waals surface area contributed by atoms with Crippen LogP contribution in [0.25, 0.3) is 0 Å². The lowest BCUT2D eigenvalue weighted by Crippen LogP contribution is -2.38. The number of non-ortho nitro benzene ring substituents is 1. The van der Waals surface area contributed by atoms with Crippen molar-refractivity contribution in [3.8, 4) is 0 Å². The van der Waals surface area contributed by atoms with Crippen LogP contribution in [0.4, 0.5) is 5.69 Å². The second-order valence-electron chi connectivity index (χ2n) is 4.39. The summed E-state index contributed by atoms with van der Waals surface area (Å²) in [6.45, 7) is 2.78. The fraction of sp³-hybridized carbons (Fsp3) is 0.400. The third kappa shape index (κ3) is 4.06. The van der Waals surface area contributed by atoms with E-state index >= 15 is 0 Å². The average molecular weight is 274 g/mol. The number of hydrogen-bond donors (Lipinski definition) is 2. The number of nitrogens with one attached hydrogen (secondary N) is 1. The maximum Gasteiger partial charge on any atom is 0.269 e. The number of nitro benzene ring substituents is 1. The lowest BCUT2D eigenvalue weighted by Gasteiger charge is -2.17. The number of benzene rings is 1. The lowest BCUT2D eigenvalue weighted by molar-refractivity contribution is -0.384. The third-order valence-corrected chi connectivity index (χ3v) is 3.47. The highest BCUT2D eigenvalue weighted by Gasteiger charge is 2.20. The summed E-state index contributed by atoms with van der Waals surface area (Å²) in [5.41, 5.74) is -1.36. The lowest BCUT2D eigenvalue weighted by atomic mass is 10.1. The van der Waals surface area contributed by atoms with Crippen molar-refractivity contribution in [2.75, 3.05) is 6.54 Å². The fourth-order valence-electron chi connectivity index (χ4n) is 1.10. The zero-order valence-corrected chi connectivity index (χ0v) is 10.8. The summed E-state index contributed by atoms with van der Waals surface area (Å²) < 4.78 is 25.8. The summed E-state index contributed by atoms with van der Waals surface area (Å²) in [6, 6.07) is 4.51. The molecule has 0 aliphatic carbocycles. The first-order valence-corrected chi connectivity index (χ1v) is 6.57. The Bertz CT molecular complexity index is 530. The predicted octanol–water partition coefficient (Wildman–Crippen LogP) is 0.644. The Labute approximate surface area is 105 Å². The number of sulfonamides is 1. The molecule has 0 aliphatic rings. The van der Waals surface area contributed by atoms with Crippen molar-refractivity contribution >= 4 is 15.7 Å². The first-order chi connectivity index (χ1) is 8.12. The van der Waals surface area contributed by atoms with Gasteiger partial charge in [0.2, 0.25) is 10.0 Å². The highest BCUT2D eigenvalue weighted by molar-refractivity contribution is 7.89. The summed E-state index contributed by atoms with van der Waals surface area (Å²) in [6.07, 6.45) is 0. The van der Waals surface area contributed by atoms with Gasteiger partial charge in [-0.1, -0.05) is 0 Å². The number of nitro groups is 1. The van der Waals surface area contributed by atoms with E-state index in [4.69, 9.17) is 0 Å². The van der Waals surface area contributed by atoms with Crippen LogP contribution in [0.15, 0.2) is 29.2 Å². The van der Waals surface area contributed by atoms with Gasteiger partial charge in [0.15, 0.2) is 0 Å². The van der Waals surface area contributed by atoms with E-state index in [9.17, 15) is 23.6 Å². The van der Waals surface area contributed by atoms with Crippen LogP contribution in [-0.4, -0.2) is 30.6 Å². The highest BCUT2D eigenvalue weighted by atomic mass is 32.2. The SMILES string of the molecule is CC(C)(O)CNS(=O)(=O)c1ccc([N+](=O)[O-])cc1. The molecule has 0 saturated heterocycles. The zero-order valence-electron chi connectivity index (χ0n) is 9.95. The van der Waals surface area contributed by atoms with Gasteiger partial charge in [0.25, 0.3) is 5.69 Å².